The van der Waals surface area contributed by atoms with E-state index in [0.717, 1.165) is 18.5 Å². The van der Waals surface area contributed by atoms with E-state index in [0.29, 0.717) is 11.4 Å². The van der Waals surface area contributed by atoms with Gasteiger partial charge in [-0.1, -0.05) is 39.0 Å². The highest BCUT2D eigenvalue weighted by Gasteiger charge is 2.12. The van der Waals surface area contributed by atoms with Crippen molar-refractivity contribution in [3.8, 4) is 0 Å². The number of rotatable bonds is 10. The van der Waals surface area contributed by atoms with Gasteiger partial charge in [-0.15, -0.1) is 0 Å². The first-order valence-corrected chi connectivity index (χ1v) is 8.86. The molecule has 1 aromatic rings. The van der Waals surface area contributed by atoms with E-state index in [1.54, 1.807) is 31.3 Å². The molecule has 2 N–H and O–H groups in total. The van der Waals surface area contributed by atoms with Crippen molar-refractivity contribution >= 4 is 15.7 Å². The summed E-state index contributed by atoms with van der Waals surface area (Å²) in [6.07, 6.45) is 6.92. The maximum Gasteiger partial charge on any atom is 0.240 e. The molecule has 5 heteroatoms. The van der Waals surface area contributed by atoms with Gasteiger partial charge in [0, 0.05) is 19.3 Å². The SMILES string of the molecule is CCCCCCCCNS(=O)(=O)c1ccc(NC)cc1. The second-order valence-corrected chi connectivity index (χ2v) is 6.71. The highest BCUT2D eigenvalue weighted by atomic mass is 32.2. The van der Waals surface area contributed by atoms with E-state index in [9.17, 15) is 8.42 Å². The minimum atomic E-state index is -3.36. The molecule has 0 aliphatic rings. The summed E-state index contributed by atoms with van der Waals surface area (Å²) < 4.78 is 26.7. The van der Waals surface area contributed by atoms with Crippen molar-refractivity contribution in [2.24, 2.45) is 0 Å². The lowest BCUT2D eigenvalue weighted by Crippen LogP contribution is -2.24. The van der Waals surface area contributed by atoms with Gasteiger partial charge in [0.2, 0.25) is 10.0 Å². The van der Waals surface area contributed by atoms with Crippen molar-refractivity contribution < 1.29 is 8.42 Å². The van der Waals surface area contributed by atoms with E-state index in [4.69, 9.17) is 0 Å². The molecule has 0 spiro atoms. The molecule has 114 valence electrons. The van der Waals surface area contributed by atoms with Gasteiger partial charge in [0.05, 0.1) is 4.90 Å². The smallest absolute Gasteiger partial charge is 0.240 e. The van der Waals surface area contributed by atoms with Crippen LogP contribution in [0.4, 0.5) is 5.69 Å². The molecule has 1 rings (SSSR count). The van der Waals surface area contributed by atoms with Crippen LogP contribution in [0.25, 0.3) is 0 Å². The number of hydrogen-bond acceptors (Lipinski definition) is 3. The van der Waals surface area contributed by atoms with Crippen molar-refractivity contribution in [1.29, 1.82) is 0 Å². The number of nitrogens with one attached hydrogen (secondary N) is 2. The van der Waals surface area contributed by atoms with Gasteiger partial charge in [-0.25, -0.2) is 13.1 Å². The van der Waals surface area contributed by atoms with E-state index < -0.39 is 10.0 Å². The summed E-state index contributed by atoms with van der Waals surface area (Å²) >= 11 is 0. The summed E-state index contributed by atoms with van der Waals surface area (Å²) in [6.45, 7) is 2.70. The highest BCUT2D eigenvalue weighted by Crippen LogP contribution is 2.13. The van der Waals surface area contributed by atoms with E-state index in [-0.39, 0.29) is 0 Å². The van der Waals surface area contributed by atoms with Crippen LogP contribution < -0.4 is 10.0 Å². The zero-order valence-electron chi connectivity index (χ0n) is 12.5. The van der Waals surface area contributed by atoms with Gasteiger partial charge in [-0.3, -0.25) is 0 Å². The van der Waals surface area contributed by atoms with E-state index in [1.165, 1.54) is 25.7 Å². The largest absolute Gasteiger partial charge is 0.388 e. The Morgan fingerprint density at radius 1 is 0.950 bits per heavy atom. The normalized spacial score (nSPS) is 11.5. The molecule has 0 fully saturated rings. The number of anilines is 1. The summed E-state index contributed by atoms with van der Waals surface area (Å²) in [5.41, 5.74) is 0.903. The molecular formula is C15H26N2O2S. The Labute approximate surface area is 123 Å². The second-order valence-electron chi connectivity index (χ2n) is 4.94. The van der Waals surface area contributed by atoms with Crippen LogP contribution in [0.3, 0.4) is 0 Å². The Hall–Kier alpha value is -1.07. The van der Waals surface area contributed by atoms with Crippen LogP contribution in [0, 0.1) is 0 Å². The van der Waals surface area contributed by atoms with Crippen LogP contribution in [0.2, 0.25) is 0 Å². The zero-order valence-corrected chi connectivity index (χ0v) is 13.3. The summed E-state index contributed by atoms with van der Waals surface area (Å²) in [6, 6.07) is 6.77. The topological polar surface area (TPSA) is 58.2 Å². The molecule has 0 radical (unpaired) electrons. The van der Waals surface area contributed by atoms with Gasteiger partial charge < -0.3 is 5.32 Å². The molecule has 0 heterocycles. The van der Waals surface area contributed by atoms with Crippen LogP contribution in [0.15, 0.2) is 29.2 Å². The standard InChI is InChI=1S/C15H26N2O2S/c1-3-4-5-6-7-8-13-17-20(18,19)15-11-9-14(16-2)10-12-15/h9-12,16-17H,3-8,13H2,1-2H3. The molecule has 1 aromatic carbocycles. The fraction of sp³-hybridized carbons (Fsp3) is 0.600. The van der Waals surface area contributed by atoms with Crippen LogP contribution in [0.1, 0.15) is 45.4 Å². The minimum absolute atomic E-state index is 0.322. The molecule has 0 aliphatic heterocycles. The lowest BCUT2D eigenvalue weighted by molar-refractivity contribution is 0.567. The first-order chi connectivity index (χ1) is 9.60. The first-order valence-electron chi connectivity index (χ1n) is 7.37. The third kappa shape index (κ3) is 5.92. The fourth-order valence-electron chi connectivity index (χ4n) is 2.00. The first kappa shape index (κ1) is 17.0. The Bertz CT molecular complexity index is 469. The summed E-state index contributed by atoms with van der Waals surface area (Å²) in [5, 5.41) is 2.97. The maximum absolute atomic E-state index is 12.0. The van der Waals surface area contributed by atoms with Crippen LogP contribution >= 0.6 is 0 Å². The lowest BCUT2D eigenvalue weighted by atomic mass is 10.1. The van der Waals surface area contributed by atoms with Crippen LogP contribution in [0.5, 0.6) is 0 Å². The fourth-order valence-corrected chi connectivity index (χ4v) is 3.07. The predicted octanol–water partition coefficient (Wildman–Crippen LogP) is 3.37. The number of sulfonamides is 1. The van der Waals surface area contributed by atoms with E-state index in [2.05, 4.69) is 17.0 Å². The van der Waals surface area contributed by atoms with Crippen LogP contribution in [-0.4, -0.2) is 22.0 Å². The van der Waals surface area contributed by atoms with Gasteiger partial charge in [-0.05, 0) is 30.7 Å². The average molecular weight is 298 g/mol. The summed E-state index contributed by atoms with van der Waals surface area (Å²) in [4.78, 5) is 0.322. The van der Waals surface area contributed by atoms with Crippen molar-refractivity contribution in [3.05, 3.63) is 24.3 Å². The molecule has 0 bridgehead atoms. The van der Waals surface area contributed by atoms with Crippen LogP contribution in [-0.2, 0) is 10.0 Å². The molecule has 0 atom stereocenters. The molecule has 0 amide bonds. The summed E-state index contributed by atoms with van der Waals surface area (Å²) in [7, 11) is -1.55. The number of benzene rings is 1. The maximum atomic E-state index is 12.0. The molecular weight excluding hydrogens is 272 g/mol. The molecule has 0 saturated carbocycles. The monoisotopic (exact) mass is 298 g/mol. The zero-order chi connectivity index (χ0) is 14.8. The van der Waals surface area contributed by atoms with Gasteiger partial charge in [0.25, 0.3) is 0 Å². The van der Waals surface area contributed by atoms with E-state index >= 15 is 0 Å². The Morgan fingerprint density at radius 3 is 2.15 bits per heavy atom. The van der Waals surface area contributed by atoms with Gasteiger partial charge in [0.1, 0.15) is 0 Å². The quantitative estimate of drug-likeness (QED) is 0.651. The van der Waals surface area contributed by atoms with Crippen molar-refractivity contribution in [1.82, 2.24) is 4.72 Å². The van der Waals surface area contributed by atoms with Crippen molar-refractivity contribution in [3.63, 3.8) is 0 Å². The minimum Gasteiger partial charge on any atom is -0.388 e. The molecule has 0 unspecified atom stereocenters. The molecule has 4 nitrogen and oxygen atoms in total. The average Bonchev–Trinajstić information content (AvgIpc) is 2.46. The molecule has 0 aromatic heterocycles. The Balaban J connectivity index is 2.33. The van der Waals surface area contributed by atoms with Gasteiger partial charge in [-0.2, -0.15) is 0 Å². The third-order valence-electron chi connectivity index (χ3n) is 3.28. The summed E-state index contributed by atoms with van der Waals surface area (Å²) in [5.74, 6) is 0. The molecule has 0 aliphatic carbocycles. The molecule has 20 heavy (non-hydrogen) atoms. The number of unbranched alkanes of at least 4 members (excludes halogenated alkanes) is 5. The molecule has 0 saturated heterocycles. The van der Waals surface area contributed by atoms with E-state index in [1.807, 2.05) is 0 Å². The highest BCUT2D eigenvalue weighted by molar-refractivity contribution is 7.89. The number of hydrogen-bond donors (Lipinski definition) is 2. The Morgan fingerprint density at radius 2 is 1.55 bits per heavy atom. The lowest BCUT2D eigenvalue weighted by Gasteiger charge is -2.07. The van der Waals surface area contributed by atoms with Crippen molar-refractivity contribution in [2.75, 3.05) is 18.9 Å². The predicted molar refractivity (Wildman–Crippen MR) is 84.6 cm³/mol. The third-order valence-corrected chi connectivity index (χ3v) is 4.75. The Kier molecular flexibility index (Phi) is 7.62. The van der Waals surface area contributed by atoms with Crippen molar-refractivity contribution in [2.45, 2.75) is 50.3 Å². The van der Waals surface area contributed by atoms with Gasteiger partial charge in [0.15, 0.2) is 0 Å². The second kappa shape index (κ2) is 8.97. The van der Waals surface area contributed by atoms with Gasteiger partial charge >= 0.3 is 0 Å².